The van der Waals surface area contributed by atoms with E-state index in [1.165, 1.54) is 11.8 Å². The van der Waals surface area contributed by atoms with E-state index in [-0.39, 0.29) is 16.7 Å². The Morgan fingerprint density at radius 2 is 1.73 bits per heavy atom. The predicted octanol–water partition coefficient (Wildman–Crippen LogP) is 3.65. The number of thioether (sulfide) groups is 1. The number of nitrogens with one attached hydrogen (secondary N) is 1. The van der Waals surface area contributed by atoms with Gasteiger partial charge in [0, 0.05) is 11.4 Å². The van der Waals surface area contributed by atoms with Crippen molar-refractivity contribution in [2.45, 2.75) is 17.9 Å². The molecule has 1 amide bonds. The maximum Gasteiger partial charge on any atom is 0.335 e. The first-order valence-corrected chi connectivity index (χ1v) is 7.91. The van der Waals surface area contributed by atoms with Gasteiger partial charge in [0.15, 0.2) is 0 Å². The molecule has 0 aliphatic heterocycles. The van der Waals surface area contributed by atoms with Crippen molar-refractivity contribution < 1.29 is 14.7 Å². The number of para-hydroxylation sites is 1. The molecule has 4 nitrogen and oxygen atoms in total. The second-order valence-corrected chi connectivity index (χ2v) is 6.14. The lowest BCUT2D eigenvalue weighted by Crippen LogP contribution is -2.22. The number of hydrogen-bond acceptors (Lipinski definition) is 3. The molecule has 0 aromatic heterocycles. The molecule has 114 valence electrons. The van der Waals surface area contributed by atoms with Gasteiger partial charge in [-0.15, -0.1) is 11.8 Å². The molecule has 22 heavy (non-hydrogen) atoms. The van der Waals surface area contributed by atoms with Crippen LogP contribution >= 0.6 is 11.8 Å². The van der Waals surface area contributed by atoms with Crippen molar-refractivity contribution in [3.05, 3.63) is 65.7 Å². The van der Waals surface area contributed by atoms with Gasteiger partial charge >= 0.3 is 5.97 Å². The molecule has 0 saturated carbocycles. The third-order valence-corrected chi connectivity index (χ3v) is 4.33. The van der Waals surface area contributed by atoms with E-state index in [4.69, 9.17) is 5.11 Å². The highest BCUT2D eigenvalue weighted by molar-refractivity contribution is 7.99. The van der Waals surface area contributed by atoms with E-state index in [2.05, 4.69) is 5.32 Å². The van der Waals surface area contributed by atoms with Crippen LogP contribution in [-0.4, -0.2) is 22.2 Å². The summed E-state index contributed by atoms with van der Waals surface area (Å²) < 4.78 is 0. The second kappa shape index (κ2) is 7.66. The summed E-state index contributed by atoms with van der Waals surface area (Å²) in [6, 6.07) is 16.0. The Labute approximate surface area is 133 Å². The maximum absolute atomic E-state index is 12.1. The molecule has 5 heteroatoms. The van der Waals surface area contributed by atoms with E-state index in [0.29, 0.717) is 5.75 Å². The van der Waals surface area contributed by atoms with E-state index >= 15 is 0 Å². The van der Waals surface area contributed by atoms with Crippen LogP contribution in [0.5, 0.6) is 0 Å². The number of hydrogen-bond donors (Lipinski definition) is 2. The Bertz CT molecular complexity index is 641. The second-order valence-electron chi connectivity index (χ2n) is 4.81. The van der Waals surface area contributed by atoms with Crippen molar-refractivity contribution in [2.24, 2.45) is 0 Å². The summed E-state index contributed by atoms with van der Waals surface area (Å²) >= 11 is 1.51. The number of benzene rings is 2. The number of carboxylic acids is 1. The first-order chi connectivity index (χ1) is 10.6. The molecule has 0 fully saturated rings. The van der Waals surface area contributed by atoms with Crippen LogP contribution in [0.25, 0.3) is 0 Å². The molecule has 0 saturated heterocycles. The van der Waals surface area contributed by atoms with E-state index in [1.54, 1.807) is 24.3 Å². The summed E-state index contributed by atoms with van der Waals surface area (Å²) in [5.74, 6) is -0.323. The Morgan fingerprint density at radius 1 is 1.09 bits per heavy atom. The van der Waals surface area contributed by atoms with Crippen LogP contribution in [0.2, 0.25) is 0 Å². The Hall–Kier alpha value is -2.27. The largest absolute Gasteiger partial charge is 0.478 e. The van der Waals surface area contributed by atoms with Crippen molar-refractivity contribution >= 4 is 29.3 Å². The fraction of sp³-hybridized carbons (Fsp3) is 0.176. The normalized spacial score (nSPS) is 11.7. The number of carboxylic acid groups (broad SMARTS) is 1. The molecule has 0 spiro atoms. The van der Waals surface area contributed by atoms with E-state index in [0.717, 1.165) is 11.3 Å². The predicted molar refractivity (Wildman–Crippen MR) is 89.2 cm³/mol. The van der Waals surface area contributed by atoms with Gasteiger partial charge in [-0.2, -0.15) is 0 Å². The van der Waals surface area contributed by atoms with E-state index in [9.17, 15) is 9.59 Å². The number of aromatic carboxylic acids is 1. The summed E-state index contributed by atoms with van der Waals surface area (Å²) in [6.07, 6.45) is 0. The van der Waals surface area contributed by atoms with E-state index < -0.39 is 5.97 Å². The van der Waals surface area contributed by atoms with Crippen LogP contribution in [-0.2, 0) is 10.5 Å². The monoisotopic (exact) mass is 315 g/mol. The van der Waals surface area contributed by atoms with Crippen molar-refractivity contribution in [3.8, 4) is 0 Å². The minimum atomic E-state index is -0.935. The van der Waals surface area contributed by atoms with Crippen molar-refractivity contribution in [2.75, 3.05) is 5.32 Å². The Kier molecular flexibility index (Phi) is 5.61. The summed E-state index contributed by atoms with van der Waals surface area (Å²) in [4.78, 5) is 22.9. The first kappa shape index (κ1) is 16.1. The van der Waals surface area contributed by atoms with Gasteiger partial charge in [0.1, 0.15) is 0 Å². The molecule has 0 aliphatic rings. The number of rotatable bonds is 6. The smallest absolute Gasteiger partial charge is 0.335 e. The Balaban J connectivity index is 1.85. The zero-order valence-electron chi connectivity index (χ0n) is 12.2. The molecule has 0 aliphatic carbocycles. The quantitative estimate of drug-likeness (QED) is 0.854. The molecule has 2 rings (SSSR count). The fourth-order valence-corrected chi connectivity index (χ4v) is 2.65. The van der Waals surface area contributed by atoms with Crippen LogP contribution in [0.4, 0.5) is 5.69 Å². The average molecular weight is 315 g/mol. The van der Waals surface area contributed by atoms with E-state index in [1.807, 2.05) is 37.3 Å². The third-order valence-electron chi connectivity index (χ3n) is 3.11. The summed E-state index contributed by atoms with van der Waals surface area (Å²) in [5, 5.41) is 11.5. The number of anilines is 1. The molecule has 0 heterocycles. The molecule has 0 radical (unpaired) electrons. The zero-order valence-corrected chi connectivity index (χ0v) is 13.0. The van der Waals surface area contributed by atoms with Crippen LogP contribution in [0, 0.1) is 0 Å². The lowest BCUT2D eigenvalue weighted by Gasteiger charge is -2.12. The summed E-state index contributed by atoms with van der Waals surface area (Å²) in [6.45, 7) is 1.86. The maximum atomic E-state index is 12.1. The van der Waals surface area contributed by atoms with Crippen LogP contribution in [0.1, 0.15) is 22.8 Å². The van der Waals surface area contributed by atoms with Gasteiger partial charge < -0.3 is 10.4 Å². The molecule has 2 aromatic carbocycles. The highest BCUT2D eigenvalue weighted by Crippen LogP contribution is 2.19. The molecule has 2 aromatic rings. The molecular formula is C17H17NO3S. The van der Waals surface area contributed by atoms with Crippen LogP contribution < -0.4 is 5.32 Å². The van der Waals surface area contributed by atoms with Gasteiger partial charge in [-0.1, -0.05) is 30.3 Å². The van der Waals surface area contributed by atoms with Crippen molar-refractivity contribution in [1.82, 2.24) is 0 Å². The molecule has 2 N–H and O–H groups in total. The number of amides is 1. The van der Waals surface area contributed by atoms with Crippen molar-refractivity contribution in [1.29, 1.82) is 0 Å². The lowest BCUT2D eigenvalue weighted by atomic mass is 10.1. The van der Waals surface area contributed by atoms with Gasteiger partial charge in [-0.05, 0) is 36.8 Å². The lowest BCUT2D eigenvalue weighted by molar-refractivity contribution is -0.115. The fourth-order valence-electron chi connectivity index (χ4n) is 1.81. The van der Waals surface area contributed by atoms with Gasteiger partial charge in [0.2, 0.25) is 5.91 Å². The van der Waals surface area contributed by atoms with Gasteiger partial charge in [-0.3, -0.25) is 4.79 Å². The molecule has 1 atom stereocenters. The zero-order chi connectivity index (χ0) is 15.9. The average Bonchev–Trinajstić information content (AvgIpc) is 2.53. The minimum absolute atomic E-state index is 0.0432. The molecular weight excluding hydrogens is 298 g/mol. The highest BCUT2D eigenvalue weighted by atomic mass is 32.2. The summed E-state index contributed by atoms with van der Waals surface area (Å²) in [5.41, 5.74) is 2.05. The van der Waals surface area contributed by atoms with Crippen LogP contribution in [0.3, 0.4) is 0 Å². The van der Waals surface area contributed by atoms with Gasteiger partial charge in [0.25, 0.3) is 0 Å². The number of carbonyl (C=O) groups excluding carboxylic acids is 1. The van der Waals surface area contributed by atoms with Gasteiger partial charge in [0.05, 0.1) is 10.8 Å². The first-order valence-electron chi connectivity index (χ1n) is 6.86. The Morgan fingerprint density at radius 3 is 2.32 bits per heavy atom. The van der Waals surface area contributed by atoms with Crippen molar-refractivity contribution in [3.63, 3.8) is 0 Å². The SMILES string of the molecule is CC(SCc1ccc(C(=O)O)cc1)C(=O)Nc1ccccc1. The third kappa shape index (κ3) is 4.63. The summed E-state index contributed by atoms with van der Waals surface area (Å²) in [7, 11) is 0. The van der Waals surface area contributed by atoms with Crippen LogP contribution in [0.15, 0.2) is 54.6 Å². The molecule has 1 unspecified atom stereocenters. The highest BCUT2D eigenvalue weighted by Gasteiger charge is 2.13. The minimum Gasteiger partial charge on any atom is -0.478 e. The van der Waals surface area contributed by atoms with Gasteiger partial charge in [-0.25, -0.2) is 4.79 Å². The topological polar surface area (TPSA) is 66.4 Å². The standard InChI is InChI=1S/C17H17NO3S/c1-12(16(19)18-15-5-3-2-4-6-15)22-11-13-7-9-14(10-8-13)17(20)21/h2-10,12H,11H2,1H3,(H,18,19)(H,20,21). The molecule has 0 bridgehead atoms. The number of carbonyl (C=O) groups is 2.